The van der Waals surface area contributed by atoms with Crippen LogP contribution in [-0.4, -0.2) is 39.1 Å². The smallest absolute Gasteiger partial charge is 0.0521 e. The second-order valence-electron chi connectivity index (χ2n) is 13.3. The Morgan fingerprint density at radius 1 is 0.909 bits per heavy atom. The second-order valence-corrected chi connectivity index (χ2v) is 13.3. The van der Waals surface area contributed by atoms with Gasteiger partial charge in [0.2, 0.25) is 0 Å². The molecule has 0 spiro atoms. The lowest BCUT2D eigenvalue weighted by molar-refractivity contribution is 0.0319. The van der Waals surface area contributed by atoms with Crippen LogP contribution in [0.4, 0.5) is 0 Å². The number of rotatable bonds is 12. The lowest BCUT2D eigenvalue weighted by Crippen LogP contribution is -2.34. The van der Waals surface area contributed by atoms with Crippen molar-refractivity contribution in [2.75, 3.05) is 34.0 Å². The summed E-state index contributed by atoms with van der Waals surface area (Å²) in [5.74, 6) is 5.57. The summed E-state index contributed by atoms with van der Waals surface area (Å²) in [4.78, 5) is 0. The molecule has 194 valence electrons. The largest absolute Gasteiger partial charge is 0.396 e. The second kappa shape index (κ2) is 11.7. The molecule has 0 radical (unpaired) electrons. The van der Waals surface area contributed by atoms with E-state index in [1.807, 2.05) is 14.2 Å². The van der Waals surface area contributed by atoms with E-state index in [1.165, 1.54) is 64.2 Å². The summed E-state index contributed by atoms with van der Waals surface area (Å²) in [5, 5.41) is 10.3. The van der Waals surface area contributed by atoms with E-state index < -0.39 is 0 Å². The third-order valence-corrected chi connectivity index (χ3v) is 11.4. The highest BCUT2D eigenvalue weighted by atomic mass is 16.5. The first kappa shape index (κ1) is 27.5. The molecule has 3 nitrogen and oxygen atoms in total. The van der Waals surface area contributed by atoms with Crippen LogP contribution in [0.5, 0.6) is 0 Å². The average Bonchev–Trinajstić information content (AvgIpc) is 3.48. The Kier molecular flexibility index (Phi) is 9.77. The molecule has 0 aromatic heterocycles. The number of aliphatic hydroxyl groups is 1. The monoisotopic (exact) mass is 464 g/mol. The lowest BCUT2D eigenvalue weighted by Gasteiger charge is -2.38. The maximum absolute atomic E-state index is 10.3. The quantitative estimate of drug-likeness (QED) is 0.331. The van der Waals surface area contributed by atoms with E-state index in [0.29, 0.717) is 41.1 Å². The zero-order chi connectivity index (χ0) is 24.2. The zero-order valence-electron chi connectivity index (χ0n) is 23.1. The Bertz CT molecular complexity index is 583. The van der Waals surface area contributed by atoms with Crippen LogP contribution in [0.3, 0.4) is 0 Å². The molecule has 0 saturated heterocycles. The summed E-state index contributed by atoms with van der Waals surface area (Å²) in [6.07, 6.45) is 13.4. The van der Waals surface area contributed by atoms with E-state index in [-0.39, 0.29) is 0 Å². The molecule has 3 heteroatoms. The molecule has 0 aliphatic heterocycles. The van der Waals surface area contributed by atoms with E-state index in [4.69, 9.17) is 9.47 Å². The fourth-order valence-electron chi connectivity index (χ4n) is 8.90. The number of methoxy groups -OCH3 is 2. The standard InChI is InChI=1S/C30H56O3/c1-21(2)29(5)13-10-25(28(29)18-31)14-22(3)27-17-24(16-26(27)19-32-6)15-23(4)30(20-33-7)11-8-9-12-30/h21-28,31H,8-20H2,1-7H3. The minimum absolute atomic E-state index is 0.301. The first-order valence-electron chi connectivity index (χ1n) is 14.3. The van der Waals surface area contributed by atoms with Gasteiger partial charge in [0.1, 0.15) is 0 Å². The molecule has 3 saturated carbocycles. The van der Waals surface area contributed by atoms with Gasteiger partial charge in [-0.05, 0) is 110 Å². The molecule has 3 aliphatic rings. The van der Waals surface area contributed by atoms with Crippen molar-refractivity contribution in [3.63, 3.8) is 0 Å². The number of hydrogen-bond acceptors (Lipinski definition) is 3. The van der Waals surface area contributed by atoms with Crippen LogP contribution < -0.4 is 0 Å². The van der Waals surface area contributed by atoms with Gasteiger partial charge in [-0.1, -0.05) is 47.5 Å². The van der Waals surface area contributed by atoms with Gasteiger partial charge < -0.3 is 14.6 Å². The maximum Gasteiger partial charge on any atom is 0.0521 e. The van der Waals surface area contributed by atoms with Gasteiger partial charge in [0.25, 0.3) is 0 Å². The molecule has 3 fully saturated rings. The lowest BCUT2D eigenvalue weighted by atomic mass is 9.68. The average molecular weight is 465 g/mol. The van der Waals surface area contributed by atoms with Gasteiger partial charge in [0.15, 0.2) is 0 Å². The van der Waals surface area contributed by atoms with Crippen molar-refractivity contribution in [2.45, 2.75) is 98.8 Å². The van der Waals surface area contributed by atoms with Crippen LogP contribution in [-0.2, 0) is 9.47 Å². The highest BCUT2D eigenvalue weighted by Gasteiger charge is 2.48. The van der Waals surface area contributed by atoms with E-state index in [2.05, 4.69) is 34.6 Å². The summed E-state index contributed by atoms with van der Waals surface area (Å²) in [7, 11) is 3.78. The van der Waals surface area contributed by atoms with Crippen molar-refractivity contribution >= 4 is 0 Å². The molecule has 1 N–H and O–H groups in total. The van der Waals surface area contributed by atoms with Crippen LogP contribution in [0.15, 0.2) is 0 Å². The van der Waals surface area contributed by atoms with Gasteiger partial charge in [-0.2, -0.15) is 0 Å². The SMILES string of the molecule is COCC1CC(CC(C)C2(COC)CCCC2)CC1C(C)CC1CCC(C)(C(C)C)C1CO. The van der Waals surface area contributed by atoms with E-state index >= 15 is 0 Å². The van der Waals surface area contributed by atoms with Gasteiger partial charge >= 0.3 is 0 Å². The van der Waals surface area contributed by atoms with Crippen molar-refractivity contribution in [2.24, 2.45) is 58.2 Å². The highest BCUT2D eigenvalue weighted by Crippen LogP contribution is 2.55. The summed E-state index contributed by atoms with van der Waals surface area (Å²) in [6.45, 7) is 14.4. The van der Waals surface area contributed by atoms with Gasteiger partial charge in [-0.25, -0.2) is 0 Å². The number of hydrogen-bond donors (Lipinski definition) is 1. The van der Waals surface area contributed by atoms with Gasteiger partial charge in [0.05, 0.1) is 6.61 Å². The number of aliphatic hydroxyl groups excluding tert-OH is 1. The Morgan fingerprint density at radius 2 is 1.61 bits per heavy atom. The van der Waals surface area contributed by atoms with E-state index in [0.717, 1.165) is 36.9 Å². The van der Waals surface area contributed by atoms with Crippen molar-refractivity contribution in [1.82, 2.24) is 0 Å². The van der Waals surface area contributed by atoms with E-state index in [9.17, 15) is 5.11 Å². The van der Waals surface area contributed by atoms with Gasteiger partial charge in [-0.3, -0.25) is 0 Å². The molecule has 0 amide bonds. The Labute approximate surface area is 205 Å². The van der Waals surface area contributed by atoms with Crippen LogP contribution >= 0.6 is 0 Å². The third kappa shape index (κ3) is 5.83. The molecule has 8 unspecified atom stereocenters. The van der Waals surface area contributed by atoms with Crippen molar-refractivity contribution in [3.05, 3.63) is 0 Å². The predicted octanol–water partition coefficient (Wildman–Crippen LogP) is 7.22. The molecular formula is C30H56O3. The number of ether oxygens (including phenoxy) is 2. The minimum Gasteiger partial charge on any atom is -0.396 e. The Morgan fingerprint density at radius 3 is 2.18 bits per heavy atom. The fraction of sp³-hybridized carbons (Fsp3) is 1.00. The van der Waals surface area contributed by atoms with Crippen molar-refractivity contribution in [3.8, 4) is 0 Å². The summed E-state index contributed by atoms with van der Waals surface area (Å²) >= 11 is 0. The van der Waals surface area contributed by atoms with Crippen LogP contribution in [0.25, 0.3) is 0 Å². The normalized spacial score (nSPS) is 38.3. The molecule has 8 atom stereocenters. The molecule has 0 bridgehead atoms. The molecular weight excluding hydrogens is 408 g/mol. The molecule has 3 aliphatic carbocycles. The summed E-state index contributed by atoms with van der Waals surface area (Å²) in [5.41, 5.74) is 0.727. The van der Waals surface area contributed by atoms with Gasteiger partial charge in [0, 0.05) is 27.4 Å². The highest BCUT2D eigenvalue weighted by molar-refractivity contribution is 4.98. The molecule has 0 aromatic rings. The Balaban J connectivity index is 1.63. The molecule has 0 heterocycles. The molecule has 3 rings (SSSR count). The minimum atomic E-state index is 0.301. The fourth-order valence-corrected chi connectivity index (χ4v) is 8.90. The third-order valence-electron chi connectivity index (χ3n) is 11.4. The van der Waals surface area contributed by atoms with Crippen molar-refractivity contribution < 1.29 is 14.6 Å². The molecule has 0 aromatic carbocycles. The first-order chi connectivity index (χ1) is 15.7. The zero-order valence-corrected chi connectivity index (χ0v) is 23.1. The maximum atomic E-state index is 10.3. The Hall–Kier alpha value is -0.120. The van der Waals surface area contributed by atoms with Crippen LogP contribution in [0, 0.1) is 58.2 Å². The van der Waals surface area contributed by atoms with E-state index in [1.54, 1.807) is 0 Å². The van der Waals surface area contributed by atoms with Crippen LogP contribution in [0.1, 0.15) is 98.8 Å². The first-order valence-corrected chi connectivity index (χ1v) is 14.3. The summed E-state index contributed by atoms with van der Waals surface area (Å²) in [6, 6.07) is 0. The van der Waals surface area contributed by atoms with Crippen molar-refractivity contribution in [1.29, 1.82) is 0 Å². The van der Waals surface area contributed by atoms with Gasteiger partial charge in [-0.15, -0.1) is 0 Å². The van der Waals surface area contributed by atoms with Crippen LogP contribution in [0.2, 0.25) is 0 Å². The molecule has 33 heavy (non-hydrogen) atoms. The topological polar surface area (TPSA) is 38.7 Å². The summed E-state index contributed by atoms with van der Waals surface area (Å²) < 4.78 is 11.5. The predicted molar refractivity (Wildman–Crippen MR) is 138 cm³/mol.